The molecule has 1 aliphatic carbocycles. The van der Waals surface area contributed by atoms with Crippen LogP contribution in [0.25, 0.3) is 0 Å². The molecule has 1 aromatic rings. The lowest BCUT2D eigenvalue weighted by atomic mass is 9.89. The SMILES string of the molecule is CNC(C)C(c1nc(C2CCC(C)C2)no1)C(C)C. The maximum atomic E-state index is 5.56. The van der Waals surface area contributed by atoms with Crippen molar-refractivity contribution in [1.82, 2.24) is 15.5 Å². The molecule has 1 aromatic heterocycles. The van der Waals surface area contributed by atoms with E-state index in [0.717, 1.165) is 17.6 Å². The normalized spacial score (nSPS) is 26.8. The Morgan fingerprint density at radius 3 is 2.53 bits per heavy atom. The van der Waals surface area contributed by atoms with Gasteiger partial charge in [0.15, 0.2) is 5.82 Å². The summed E-state index contributed by atoms with van der Waals surface area (Å²) in [6, 6.07) is 0.343. The van der Waals surface area contributed by atoms with Crippen molar-refractivity contribution >= 4 is 0 Å². The van der Waals surface area contributed by atoms with Crippen molar-refractivity contribution < 1.29 is 4.52 Å². The Kier molecular flexibility index (Phi) is 4.61. The van der Waals surface area contributed by atoms with E-state index < -0.39 is 0 Å². The van der Waals surface area contributed by atoms with Gasteiger partial charge in [-0.2, -0.15) is 4.98 Å². The molecule has 1 aliphatic rings. The number of aromatic nitrogens is 2. The Hall–Kier alpha value is -0.900. The van der Waals surface area contributed by atoms with Crippen molar-refractivity contribution in [2.45, 2.75) is 64.8 Å². The molecule has 0 aromatic carbocycles. The van der Waals surface area contributed by atoms with E-state index >= 15 is 0 Å². The van der Waals surface area contributed by atoms with Crippen LogP contribution in [0.3, 0.4) is 0 Å². The zero-order chi connectivity index (χ0) is 14.0. The molecule has 0 spiro atoms. The van der Waals surface area contributed by atoms with Crippen LogP contribution in [0, 0.1) is 11.8 Å². The summed E-state index contributed by atoms with van der Waals surface area (Å²) in [5, 5.41) is 7.54. The van der Waals surface area contributed by atoms with Gasteiger partial charge >= 0.3 is 0 Å². The van der Waals surface area contributed by atoms with Gasteiger partial charge in [0.2, 0.25) is 5.89 Å². The predicted molar refractivity (Wildman–Crippen MR) is 76.2 cm³/mol. The van der Waals surface area contributed by atoms with E-state index in [4.69, 9.17) is 9.51 Å². The van der Waals surface area contributed by atoms with Crippen molar-refractivity contribution in [1.29, 1.82) is 0 Å². The minimum atomic E-state index is 0.282. The molecule has 1 heterocycles. The molecule has 0 amide bonds. The van der Waals surface area contributed by atoms with Gasteiger partial charge in [-0.15, -0.1) is 0 Å². The van der Waals surface area contributed by atoms with E-state index in [2.05, 4.69) is 38.2 Å². The third-order valence-electron chi connectivity index (χ3n) is 4.51. The van der Waals surface area contributed by atoms with Gasteiger partial charge in [-0.1, -0.05) is 25.9 Å². The molecule has 0 bridgehead atoms. The molecule has 19 heavy (non-hydrogen) atoms. The lowest BCUT2D eigenvalue weighted by molar-refractivity contribution is 0.284. The molecular weight excluding hydrogens is 238 g/mol. The fourth-order valence-corrected chi connectivity index (χ4v) is 3.25. The molecule has 2 rings (SSSR count). The van der Waals surface area contributed by atoms with Crippen molar-refractivity contribution in [2.75, 3.05) is 7.05 Å². The molecule has 0 saturated heterocycles. The summed E-state index contributed by atoms with van der Waals surface area (Å²) in [6.45, 7) is 8.90. The van der Waals surface area contributed by atoms with Gasteiger partial charge in [-0.05, 0) is 45.1 Å². The van der Waals surface area contributed by atoms with Crippen LogP contribution >= 0.6 is 0 Å². The van der Waals surface area contributed by atoms with Crippen molar-refractivity contribution in [3.63, 3.8) is 0 Å². The van der Waals surface area contributed by atoms with Gasteiger partial charge in [0.25, 0.3) is 0 Å². The first-order chi connectivity index (χ1) is 9.02. The van der Waals surface area contributed by atoms with E-state index in [-0.39, 0.29) is 5.92 Å². The van der Waals surface area contributed by atoms with Crippen LogP contribution in [0.2, 0.25) is 0 Å². The lowest BCUT2D eigenvalue weighted by Crippen LogP contribution is -2.32. The van der Waals surface area contributed by atoms with Crippen LogP contribution < -0.4 is 5.32 Å². The summed E-state index contributed by atoms with van der Waals surface area (Å²) < 4.78 is 5.56. The van der Waals surface area contributed by atoms with Gasteiger partial charge in [0.1, 0.15) is 0 Å². The maximum absolute atomic E-state index is 5.56. The maximum Gasteiger partial charge on any atom is 0.231 e. The Morgan fingerprint density at radius 2 is 2.00 bits per heavy atom. The third-order valence-corrected chi connectivity index (χ3v) is 4.51. The van der Waals surface area contributed by atoms with E-state index in [1.165, 1.54) is 19.3 Å². The van der Waals surface area contributed by atoms with Gasteiger partial charge in [0, 0.05) is 12.0 Å². The number of hydrogen-bond acceptors (Lipinski definition) is 4. The number of likely N-dealkylation sites (N-methyl/N-ethyl adjacent to an activating group) is 1. The van der Waals surface area contributed by atoms with Crippen LogP contribution in [0.1, 0.15) is 70.5 Å². The zero-order valence-corrected chi connectivity index (χ0v) is 12.8. The first kappa shape index (κ1) is 14.5. The molecule has 0 aliphatic heterocycles. The van der Waals surface area contributed by atoms with Crippen LogP contribution in [0.4, 0.5) is 0 Å². The molecule has 4 unspecified atom stereocenters. The Labute approximate surface area is 116 Å². The van der Waals surface area contributed by atoms with Gasteiger partial charge in [-0.3, -0.25) is 0 Å². The van der Waals surface area contributed by atoms with Crippen molar-refractivity contribution in [2.24, 2.45) is 11.8 Å². The predicted octanol–water partition coefficient (Wildman–Crippen LogP) is 3.32. The number of rotatable bonds is 5. The highest BCUT2D eigenvalue weighted by molar-refractivity contribution is 5.04. The van der Waals surface area contributed by atoms with E-state index in [1.54, 1.807) is 0 Å². The monoisotopic (exact) mass is 265 g/mol. The molecular formula is C15H27N3O. The van der Waals surface area contributed by atoms with Crippen LogP contribution in [0.15, 0.2) is 4.52 Å². The number of hydrogen-bond donors (Lipinski definition) is 1. The highest BCUT2D eigenvalue weighted by Crippen LogP contribution is 2.37. The molecule has 1 N–H and O–H groups in total. The molecule has 1 fully saturated rings. The molecule has 108 valence electrons. The number of nitrogens with one attached hydrogen (secondary N) is 1. The second-order valence-corrected chi connectivity index (χ2v) is 6.45. The molecule has 0 radical (unpaired) electrons. The van der Waals surface area contributed by atoms with Gasteiger partial charge in [-0.25, -0.2) is 0 Å². The van der Waals surface area contributed by atoms with Crippen LogP contribution in [-0.4, -0.2) is 23.2 Å². The van der Waals surface area contributed by atoms with E-state index in [9.17, 15) is 0 Å². The minimum Gasteiger partial charge on any atom is -0.339 e. The van der Waals surface area contributed by atoms with E-state index in [0.29, 0.717) is 17.9 Å². The van der Waals surface area contributed by atoms with Crippen molar-refractivity contribution in [3.8, 4) is 0 Å². The van der Waals surface area contributed by atoms with Crippen LogP contribution in [-0.2, 0) is 0 Å². The van der Waals surface area contributed by atoms with Crippen molar-refractivity contribution in [3.05, 3.63) is 11.7 Å². The molecule has 4 nitrogen and oxygen atoms in total. The average molecular weight is 265 g/mol. The summed E-state index contributed by atoms with van der Waals surface area (Å²) in [5.74, 6) is 3.79. The number of nitrogens with zero attached hydrogens (tertiary/aromatic N) is 2. The molecule has 4 heteroatoms. The smallest absolute Gasteiger partial charge is 0.231 e. The Balaban J connectivity index is 2.14. The summed E-state index contributed by atoms with van der Waals surface area (Å²) in [5.41, 5.74) is 0. The minimum absolute atomic E-state index is 0.282. The zero-order valence-electron chi connectivity index (χ0n) is 12.8. The van der Waals surface area contributed by atoms with Crippen LogP contribution in [0.5, 0.6) is 0 Å². The standard InChI is InChI=1S/C15H27N3O/c1-9(2)13(11(4)16-5)15-17-14(18-19-15)12-7-6-10(3)8-12/h9-13,16H,6-8H2,1-5H3. The topological polar surface area (TPSA) is 51.0 Å². The second-order valence-electron chi connectivity index (χ2n) is 6.45. The Morgan fingerprint density at radius 1 is 1.26 bits per heavy atom. The first-order valence-corrected chi connectivity index (χ1v) is 7.53. The summed E-state index contributed by atoms with van der Waals surface area (Å²) in [4.78, 5) is 4.70. The molecule has 4 atom stereocenters. The first-order valence-electron chi connectivity index (χ1n) is 7.53. The fourth-order valence-electron chi connectivity index (χ4n) is 3.25. The lowest BCUT2D eigenvalue weighted by Gasteiger charge is -2.23. The van der Waals surface area contributed by atoms with Gasteiger partial charge < -0.3 is 9.84 Å². The van der Waals surface area contributed by atoms with Gasteiger partial charge in [0.05, 0.1) is 5.92 Å². The molecule has 1 saturated carbocycles. The summed E-state index contributed by atoms with van der Waals surface area (Å²) >= 11 is 0. The quantitative estimate of drug-likeness (QED) is 0.887. The average Bonchev–Trinajstić information content (AvgIpc) is 2.97. The largest absolute Gasteiger partial charge is 0.339 e. The fraction of sp³-hybridized carbons (Fsp3) is 0.867. The Bertz CT molecular complexity index is 402. The van der Waals surface area contributed by atoms with E-state index in [1.807, 2.05) is 7.05 Å². The summed E-state index contributed by atoms with van der Waals surface area (Å²) in [6.07, 6.45) is 3.69. The summed E-state index contributed by atoms with van der Waals surface area (Å²) in [7, 11) is 1.98. The highest BCUT2D eigenvalue weighted by Gasteiger charge is 2.31. The highest BCUT2D eigenvalue weighted by atomic mass is 16.5. The third kappa shape index (κ3) is 3.16. The second kappa shape index (κ2) is 6.04.